The fourth-order valence-electron chi connectivity index (χ4n) is 3.43. The Hall–Kier alpha value is -2.96. The number of Topliss-reactive ketones (excluding diaryl/α,β-unsaturated/α-hetero) is 1. The van der Waals surface area contributed by atoms with Crippen LogP contribution in [0.2, 0.25) is 0 Å². The zero-order valence-electron chi connectivity index (χ0n) is 14.4. The first-order valence-electron chi connectivity index (χ1n) is 8.25. The third-order valence-corrected chi connectivity index (χ3v) is 4.47. The van der Waals surface area contributed by atoms with E-state index in [1.54, 1.807) is 18.0 Å². The molecule has 0 aliphatic heterocycles. The van der Waals surface area contributed by atoms with Crippen molar-refractivity contribution in [3.8, 4) is 5.95 Å². The Morgan fingerprint density at radius 3 is 2.64 bits per heavy atom. The smallest absolute Gasteiger partial charge is 0.251 e. The van der Waals surface area contributed by atoms with Gasteiger partial charge in [-0.15, -0.1) is 5.10 Å². The molecule has 25 heavy (non-hydrogen) atoms. The van der Waals surface area contributed by atoms with Gasteiger partial charge in [0, 0.05) is 37.2 Å². The van der Waals surface area contributed by atoms with Crippen LogP contribution in [0.3, 0.4) is 0 Å². The van der Waals surface area contributed by atoms with Gasteiger partial charge in [0.1, 0.15) is 5.76 Å². The Balaban J connectivity index is 1.86. The number of anilines is 1. The van der Waals surface area contributed by atoms with E-state index in [0.717, 1.165) is 22.8 Å². The average molecular weight is 337 g/mol. The summed E-state index contributed by atoms with van der Waals surface area (Å²) in [7, 11) is 1.77. The number of furan rings is 1. The number of fused-ring (bicyclic) bond motifs is 1. The van der Waals surface area contributed by atoms with Gasteiger partial charge in [0.15, 0.2) is 11.6 Å². The number of carbonyl (C=O) groups is 1. The highest BCUT2D eigenvalue weighted by molar-refractivity contribution is 6.03. The molecule has 0 spiro atoms. The first-order valence-corrected chi connectivity index (χ1v) is 8.25. The molecule has 0 bridgehead atoms. The maximum absolute atomic E-state index is 12.8. The van der Waals surface area contributed by atoms with Gasteiger partial charge in [0.2, 0.25) is 0 Å². The molecular weight excluding hydrogens is 318 g/mol. The summed E-state index contributed by atoms with van der Waals surface area (Å²) >= 11 is 0. The Labute approximate surface area is 145 Å². The number of nitrogens with zero attached hydrogens (tertiary/aromatic N) is 4. The summed E-state index contributed by atoms with van der Waals surface area (Å²) in [6, 6.07) is 5.67. The summed E-state index contributed by atoms with van der Waals surface area (Å²) in [5, 5.41) is 7.58. The van der Waals surface area contributed by atoms with Crippen LogP contribution in [-0.4, -0.2) is 32.6 Å². The molecule has 0 radical (unpaired) electrons. The van der Waals surface area contributed by atoms with E-state index in [-0.39, 0.29) is 11.7 Å². The van der Waals surface area contributed by atoms with Crippen LogP contribution in [0.4, 0.5) is 5.82 Å². The molecule has 0 unspecified atom stereocenters. The number of hydrogen-bond acceptors (Lipinski definition) is 6. The van der Waals surface area contributed by atoms with Gasteiger partial charge < -0.3 is 9.73 Å². The topological polar surface area (TPSA) is 85.8 Å². The van der Waals surface area contributed by atoms with E-state index >= 15 is 0 Å². The molecule has 3 aromatic rings. The maximum Gasteiger partial charge on any atom is 0.251 e. The zero-order valence-corrected chi connectivity index (χ0v) is 14.4. The predicted octanol–water partition coefficient (Wildman–Crippen LogP) is 2.83. The summed E-state index contributed by atoms with van der Waals surface area (Å²) in [6.07, 6.45) is 2.70. The molecule has 1 N–H and O–H groups in total. The predicted molar refractivity (Wildman–Crippen MR) is 92.3 cm³/mol. The summed E-state index contributed by atoms with van der Waals surface area (Å²) in [5.74, 6) is 1.94. The van der Waals surface area contributed by atoms with Gasteiger partial charge in [-0.2, -0.15) is 0 Å². The second kappa shape index (κ2) is 5.84. The molecule has 0 fully saturated rings. The minimum Gasteiger partial charge on any atom is -0.469 e. The van der Waals surface area contributed by atoms with Gasteiger partial charge in [-0.25, -0.2) is 14.6 Å². The van der Waals surface area contributed by atoms with Gasteiger partial charge in [0.25, 0.3) is 5.95 Å². The van der Waals surface area contributed by atoms with E-state index in [1.807, 2.05) is 32.0 Å². The van der Waals surface area contributed by atoms with E-state index in [1.165, 1.54) is 0 Å². The van der Waals surface area contributed by atoms with Gasteiger partial charge in [0.05, 0.1) is 17.5 Å². The molecular formula is C18H19N5O2. The Bertz CT molecular complexity index is 923. The van der Waals surface area contributed by atoms with Crippen molar-refractivity contribution < 1.29 is 9.21 Å². The van der Waals surface area contributed by atoms with Crippen LogP contribution in [0.5, 0.6) is 0 Å². The van der Waals surface area contributed by atoms with Crippen LogP contribution in [0.1, 0.15) is 45.5 Å². The number of carbonyl (C=O) groups excluding carboxylic acids is 1. The van der Waals surface area contributed by atoms with E-state index in [0.29, 0.717) is 30.2 Å². The number of rotatable bonds is 3. The lowest BCUT2D eigenvalue weighted by Crippen LogP contribution is -2.21. The largest absolute Gasteiger partial charge is 0.469 e. The van der Waals surface area contributed by atoms with Crippen LogP contribution < -0.4 is 5.32 Å². The molecule has 7 heteroatoms. The number of ketones is 1. The van der Waals surface area contributed by atoms with Crippen molar-refractivity contribution >= 4 is 11.6 Å². The van der Waals surface area contributed by atoms with Crippen molar-refractivity contribution in [2.75, 3.05) is 12.4 Å². The molecule has 128 valence electrons. The van der Waals surface area contributed by atoms with E-state index in [4.69, 9.17) is 4.42 Å². The quantitative estimate of drug-likeness (QED) is 0.791. The van der Waals surface area contributed by atoms with Crippen molar-refractivity contribution in [2.24, 2.45) is 0 Å². The Morgan fingerprint density at radius 1 is 1.24 bits per heavy atom. The molecule has 3 aromatic heterocycles. The summed E-state index contributed by atoms with van der Waals surface area (Å²) in [6.45, 7) is 3.84. The molecule has 1 atom stereocenters. The van der Waals surface area contributed by atoms with Gasteiger partial charge in [-0.3, -0.25) is 4.79 Å². The number of aromatic nitrogens is 4. The minimum atomic E-state index is 0.000984. The SMILES string of the molecule is CNc1nn(-c2nc(C)cc(C)n2)c2c1C(=O)C[C@@H](c1ccco1)C2. The van der Waals surface area contributed by atoms with Gasteiger partial charge >= 0.3 is 0 Å². The lowest BCUT2D eigenvalue weighted by Gasteiger charge is -2.20. The van der Waals surface area contributed by atoms with Gasteiger partial charge in [-0.05, 0) is 32.0 Å². The van der Waals surface area contributed by atoms with Crippen molar-refractivity contribution in [2.45, 2.75) is 32.6 Å². The van der Waals surface area contributed by atoms with Crippen molar-refractivity contribution in [3.63, 3.8) is 0 Å². The highest BCUT2D eigenvalue weighted by Gasteiger charge is 2.34. The molecule has 0 saturated heterocycles. The molecule has 0 aromatic carbocycles. The summed E-state index contributed by atoms with van der Waals surface area (Å²) in [5.41, 5.74) is 3.19. The van der Waals surface area contributed by atoms with Crippen molar-refractivity contribution in [1.82, 2.24) is 19.7 Å². The lowest BCUT2D eigenvalue weighted by molar-refractivity contribution is 0.0960. The van der Waals surface area contributed by atoms with E-state index in [2.05, 4.69) is 20.4 Å². The molecule has 0 amide bonds. The number of aryl methyl sites for hydroxylation is 2. The molecule has 0 saturated carbocycles. The molecule has 1 aliphatic rings. The third-order valence-electron chi connectivity index (χ3n) is 4.47. The van der Waals surface area contributed by atoms with E-state index < -0.39 is 0 Å². The lowest BCUT2D eigenvalue weighted by atomic mass is 9.85. The van der Waals surface area contributed by atoms with Crippen LogP contribution in [0.15, 0.2) is 28.9 Å². The fraction of sp³-hybridized carbons (Fsp3) is 0.333. The first kappa shape index (κ1) is 15.6. The first-order chi connectivity index (χ1) is 12.1. The Morgan fingerprint density at radius 2 is 2.00 bits per heavy atom. The summed E-state index contributed by atoms with van der Waals surface area (Å²) in [4.78, 5) is 21.8. The number of hydrogen-bond donors (Lipinski definition) is 1. The fourth-order valence-corrected chi connectivity index (χ4v) is 3.43. The molecule has 7 nitrogen and oxygen atoms in total. The third kappa shape index (κ3) is 2.61. The summed E-state index contributed by atoms with van der Waals surface area (Å²) < 4.78 is 7.21. The normalized spacial score (nSPS) is 16.8. The highest BCUT2D eigenvalue weighted by Crippen LogP contribution is 2.36. The average Bonchev–Trinajstić information content (AvgIpc) is 3.21. The Kier molecular flexibility index (Phi) is 3.63. The van der Waals surface area contributed by atoms with Crippen LogP contribution >= 0.6 is 0 Å². The van der Waals surface area contributed by atoms with E-state index in [9.17, 15) is 4.79 Å². The van der Waals surface area contributed by atoms with Crippen LogP contribution in [-0.2, 0) is 6.42 Å². The minimum absolute atomic E-state index is 0.000984. The maximum atomic E-state index is 12.8. The standard InChI is InChI=1S/C18H19N5O2/c1-10-7-11(2)21-18(20-10)23-13-8-12(15-5-4-6-25-15)9-14(24)16(13)17(19-3)22-23/h4-7,12H,8-9H2,1-3H3,(H,19,22)/t12-/m0/s1. The second-order valence-electron chi connectivity index (χ2n) is 6.33. The molecule has 1 aliphatic carbocycles. The second-order valence-corrected chi connectivity index (χ2v) is 6.33. The van der Waals surface area contributed by atoms with Crippen molar-refractivity contribution in [1.29, 1.82) is 0 Å². The molecule has 3 heterocycles. The van der Waals surface area contributed by atoms with Crippen LogP contribution in [0.25, 0.3) is 5.95 Å². The monoisotopic (exact) mass is 337 g/mol. The molecule has 4 rings (SSSR count). The van der Waals surface area contributed by atoms with Crippen molar-refractivity contribution in [3.05, 3.63) is 52.9 Å². The van der Waals surface area contributed by atoms with Gasteiger partial charge in [-0.1, -0.05) is 0 Å². The zero-order chi connectivity index (χ0) is 17.6. The highest BCUT2D eigenvalue weighted by atomic mass is 16.3. The van der Waals surface area contributed by atoms with Crippen LogP contribution in [0, 0.1) is 13.8 Å². The number of nitrogens with one attached hydrogen (secondary N) is 1.